The van der Waals surface area contributed by atoms with Gasteiger partial charge in [0.25, 0.3) is 5.91 Å². The SMILES string of the molecule is CC(=O)c1ccccc1NC(=O)[C@H](C)OC(=O)c1ccc(CS(C)(=O)=O)cc1. The zero-order chi connectivity index (χ0) is 20.9. The minimum Gasteiger partial charge on any atom is -0.449 e. The van der Waals surface area contributed by atoms with Gasteiger partial charge in [0, 0.05) is 11.8 Å². The molecule has 28 heavy (non-hydrogen) atoms. The van der Waals surface area contributed by atoms with Gasteiger partial charge in [0.1, 0.15) is 0 Å². The van der Waals surface area contributed by atoms with Gasteiger partial charge in [0.05, 0.1) is 17.0 Å². The first-order valence-corrected chi connectivity index (χ1v) is 10.5. The normalized spacial score (nSPS) is 12.1. The molecule has 1 amide bonds. The number of ether oxygens (including phenoxy) is 1. The van der Waals surface area contributed by atoms with E-state index in [2.05, 4.69) is 5.32 Å². The molecule has 0 unspecified atom stereocenters. The van der Waals surface area contributed by atoms with Crippen molar-refractivity contribution in [2.75, 3.05) is 11.6 Å². The zero-order valence-electron chi connectivity index (χ0n) is 15.8. The molecule has 0 spiro atoms. The molecule has 0 aliphatic carbocycles. The molecular formula is C20H21NO6S. The third-order valence-electron chi connectivity index (χ3n) is 3.84. The standard InChI is InChI=1S/C20H21NO6S/c1-13(22)17-6-4-5-7-18(17)21-19(23)14(2)27-20(24)16-10-8-15(9-11-16)12-28(3,25)26/h4-11,14H,12H2,1-3H3,(H,21,23)/t14-/m0/s1. The van der Waals surface area contributed by atoms with Crippen LogP contribution in [0.1, 0.15) is 40.1 Å². The highest BCUT2D eigenvalue weighted by atomic mass is 32.2. The summed E-state index contributed by atoms with van der Waals surface area (Å²) in [7, 11) is -3.17. The largest absolute Gasteiger partial charge is 0.449 e. The van der Waals surface area contributed by atoms with E-state index in [1.165, 1.54) is 38.1 Å². The van der Waals surface area contributed by atoms with Crippen molar-refractivity contribution >= 4 is 33.2 Å². The molecule has 1 atom stereocenters. The Bertz CT molecular complexity index is 996. The number of nitrogens with one attached hydrogen (secondary N) is 1. The minimum atomic E-state index is -3.17. The van der Waals surface area contributed by atoms with Crippen LogP contribution in [0.25, 0.3) is 0 Å². The van der Waals surface area contributed by atoms with E-state index < -0.39 is 27.8 Å². The number of esters is 1. The zero-order valence-corrected chi connectivity index (χ0v) is 16.6. The van der Waals surface area contributed by atoms with Crippen molar-refractivity contribution < 1.29 is 27.5 Å². The van der Waals surface area contributed by atoms with Crippen molar-refractivity contribution in [1.29, 1.82) is 0 Å². The topological polar surface area (TPSA) is 107 Å². The molecule has 148 valence electrons. The van der Waals surface area contributed by atoms with Gasteiger partial charge in [-0.15, -0.1) is 0 Å². The van der Waals surface area contributed by atoms with Gasteiger partial charge in [-0.25, -0.2) is 13.2 Å². The van der Waals surface area contributed by atoms with Crippen molar-refractivity contribution in [3.8, 4) is 0 Å². The lowest BCUT2D eigenvalue weighted by Gasteiger charge is -2.15. The van der Waals surface area contributed by atoms with Crippen LogP contribution in [-0.2, 0) is 25.1 Å². The van der Waals surface area contributed by atoms with Crippen LogP contribution >= 0.6 is 0 Å². The van der Waals surface area contributed by atoms with E-state index in [9.17, 15) is 22.8 Å². The summed E-state index contributed by atoms with van der Waals surface area (Å²) in [5, 5.41) is 2.58. The first-order valence-electron chi connectivity index (χ1n) is 8.45. The third-order valence-corrected chi connectivity index (χ3v) is 4.69. The summed E-state index contributed by atoms with van der Waals surface area (Å²) in [6, 6.07) is 12.5. The predicted octanol–water partition coefficient (Wildman–Crippen LogP) is 2.62. The van der Waals surface area contributed by atoms with Crippen LogP contribution in [0.2, 0.25) is 0 Å². The van der Waals surface area contributed by atoms with Crippen molar-refractivity contribution in [2.24, 2.45) is 0 Å². The molecular weight excluding hydrogens is 382 g/mol. The fourth-order valence-corrected chi connectivity index (χ4v) is 3.25. The molecule has 0 saturated carbocycles. The summed E-state index contributed by atoms with van der Waals surface area (Å²) in [6.07, 6.45) is 0.0305. The lowest BCUT2D eigenvalue weighted by Crippen LogP contribution is -2.30. The maximum atomic E-state index is 12.3. The Kier molecular flexibility index (Phi) is 6.69. The Labute approximate surface area is 163 Å². The van der Waals surface area contributed by atoms with Crippen LogP contribution in [0.3, 0.4) is 0 Å². The second-order valence-corrected chi connectivity index (χ2v) is 8.55. The van der Waals surface area contributed by atoms with Gasteiger partial charge in [-0.2, -0.15) is 0 Å². The molecule has 0 saturated heterocycles. The van der Waals surface area contributed by atoms with E-state index in [1.807, 2.05) is 0 Å². The van der Waals surface area contributed by atoms with Gasteiger partial charge in [0.15, 0.2) is 21.7 Å². The predicted molar refractivity (Wildman–Crippen MR) is 105 cm³/mol. The molecule has 0 heterocycles. The minimum absolute atomic E-state index is 0.128. The number of anilines is 1. The van der Waals surface area contributed by atoms with Crippen LogP contribution in [0, 0.1) is 0 Å². The summed E-state index contributed by atoms with van der Waals surface area (Å²) in [4.78, 5) is 36.1. The van der Waals surface area contributed by atoms with E-state index in [0.29, 0.717) is 16.8 Å². The van der Waals surface area contributed by atoms with Gasteiger partial charge in [-0.05, 0) is 43.7 Å². The summed E-state index contributed by atoms with van der Waals surface area (Å²) < 4.78 is 27.8. The summed E-state index contributed by atoms with van der Waals surface area (Å²) in [5.74, 6) is -1.62. The third kappa shape index (κ3) is 6.02. The molecule has 0 aromatic heterocycles. The summed E-state index contributed by atoms with van der Waals surface area (Å²) >= 11 is 0. The van der Waals surface area contributed by atoms with E-state index in [-0.39, 0.29) is 17.1 Å². The average Bonchev–Trinajstić information content (AvgIpc) is 2.61. The fourth-order valence-electron chi connectivity index (χ4n) is 2.46. The number of para-hydroxylation sites is 1. The number of benzene rings is 2. The average molecular weight is 403 g/mol. The summed E-state index contributed by atoms with van der Waals surface area (Å²) in [6.45, 7) is 2.81. The fraction of sp³-hybridized carbons (Fsp3) is 0.250. The van der Waals surface area contributed by atoms with Gasteiger partial charge < -0.3 is 10.1 Å². The second kappa shape index (κ2) is 8.79. The monoisotopic (exact) mass is 403 g/mol. The van der Waals surface area contributed by atoms with Crippen molar-refractivity contribution in [3.63, 3.8) is 0 Å². The van der Waals surface area contributed by atoms with Crippen molar-refractivity contribution in [2.45, 2.75) is 25.7 Å². The Morgan fingerprint density at radius 1 is 1.04 bits per heavy atom. The highest BCUT2D eigenvalue weighted by Crippen LogP contribution is 2.16. The highest BCUT2D eigenvalue weighted by molar-refractivity contribution is 7.89. The number of sulfone groups is 1. The molecule has 1 N–H and O–H groups in total. The molecule has 0 aliphatic rings. The molecule has 0 radical (unpaired) electrons. The van der Waals surface area contributed by atoms with Gasteiger partial charge in [-0.1, -0.05) is 24.3 Å². The molecule has 2 rings (SSSR count). The maximum Gasteiger partial charge on any atom is 0.338 e. The number of Topliss-reactive ketones (excluding diaryl/α,β-unsaturated/α-hetero) is 1. The van der Waals surface area contributed by atoms with Crippen LogP contribution in [0.15, 0.2) is 48.5 Å². The number of rotatable bonds is 7. The maximum absolute atomic E-state index is 12.3. The molecule has 0 aliphatic heterocycles. The molecule has 7 nitrogen and oxygen atoms in total. The molecule has 2 aromatic carbocycles. The number of hydrogen-bond acceptors (Lipinski definition) is 6. The number of amides is 1. The molecule has 0 bridgehead atoms. The van der Waals surface area contributed by atoms with E-state index in [4.69, 9.17) is 4.74 Å². The van der Waals surface area contributed by atoms with Crippen LogP contribution in [0.5, 0.6) is 0 Å². The van der Waals surface area contributed by atoms with Crippen molar-refractivity contribution in [1.82, 2.24) is 0 Å². The smallest absolute Gasteiger partial charge is 0.338 e. The number of carbonyl (C=O) groups excluding carboxylic acids is 3. The Hall–Kier alpha value is -3.00. The van der Waals surface area contributed by atoms with Crippen LogP contribution in [0.4, 0.5) is 5.69 Å². The van der Waals surface area contributed by atoms with E-state index in [0.717, 1.165) is 6.26 Å². The van der Waals surface area contributed by atoms with E-state index in [1.54, 1.807) is 24.3 Å². The molecule has 0 fully saturated rings. The van der Waals surface area contributed by atoms with Crippen LogP contribution < -0.4 is 5.32 Å². The van der Waals surface area contributed by atoms with Crippen LogP contribution in [-0.4, -0.2) is 38.4 Å². The lowest BCUT2D eigenvalue weighted by molar-refractivity contribution is -0.123. The Morgan fingerprint density at radius 2 is 1.64 bits per heavy atom. The number of ketones is 1. The second-order valence-electron chi connectivity index (χ2n) is 6.41. The van der Waals surface area contributed by atoms with Gasteiger partial charge >= 0.3 is 5.97 Å². The lowest BCUT2D eigenvalue weighted by atomic mass is 10.1. The Morgan fingerprint density at radius 3 is 2.21 bits per heavy atom. The number of carbonyl (C=O) groups is 3. The molecule has 8 heteroatoms. The van der Waals surface area contributed by atoms with Gasteiger partial charge in [0.2, 0.25) is 0 Å². The number of hydrogen-bond donors (Lipinski definition) is 1. The van der Waals surface area contributed by atoms with Gasteiger partial charge in [-0.3, -0.25) is 9.59 Å². The first-order chi connectivity index (χ1) is 13.1. The first kappa shape index (κ1) is 21.3. The summed E-state index contributed by atoms with van der Waals surface area (Å²) in [5.41, 5.74) is 1.44. The highest BCUT2D eigenvalue weighted by Gasteiger charge is 2.20. The van der Waals surface area contributed by atoms with E-state index >= 15 is 0 Å². The van der Waals surface area contributed by atoms with Crippen molar-refractivity contribution in [3.05, 3.63) is 65.2 Å². The quantitative estimate of drug-likeness (QED) is 0.563. The molecule has 2 aromatic rings. The Balaban J connectivity index is 2.02.